The smallest absolute Gasteiger partial charge is 0.255 e. The van der Waals surface area contributed by atoms with Crippen LogP contribution in [-0.4, -0.2) is 89.7 Å². The zero-order valence-corrected chi connectivity index (χ0v) is 25.5. The van der Waals surface area contributed by atoms with Crippen molar-refractivity contribution in [3.63, 3.8) is 0 Å². The SMILES string of the molecule is COc1cccc(CCCc2cc(N(C)C)c3c(c2O)C(O)=C2C(=O)[C@]4(O)C(O)=C(C(N)=O)C(=O)[C@H](N(C)C)[C@H]4C[C@H]2C3)c1. The highest BCUT2D eigenvalue weighted by atomic mass is 16.5. The predicted molar refractivity (Wildman–Crippen MR) is 164 cm³/mol. The van der Waals surface area contributed by atoms with Crippen molar-refractivity contribution in [1.29, 1.82) is 0 Å². The first-order valence-electron chi connectivity index (χ1n) is 14.6. The van der Waals surface area contributed by atoms with Crippen molar-refractivity contribution < 1.29 is 39.5 Å². The van der Waals surface area contributed by atoms with Gasteiger partial charge in [0, 0.05) is 31.3 Å². The number of ether oxygens (including phenoxy) is 1. The molecule has 0 bridgehead atoms. The van der Waals surface area contributed by atoms with Crippen LogP contribution in [0.1, 0.15) is 35.1 Å². The van der Waals surface area contributed by atoms with Gasteiger partial charge in [0.2, 0.25) is 5.78 Å². The molecule has 44 heavy (non-hydrogen) atoms. The minimum atomic E-state index is -2.67. The molecule has 0 spiro atoms. The van der Waals surface area contributed by atoms with Crippen LogP contribution in [0, 0.1) is 11.8 Å². The van der Waals surface area contributed by atoms with E-state index in [9.17, 15) is 34.8 Å². The van der Waals surface area contributed by atoms with E-state index in [2.05, 4.69) is 0 Å². The fraction of sp³-hybridized carbons (Fsp3) is 0.424. The number of methoxy groups -OCH3 is 1. The molecule has 1 fully saturated rings. The summed E-state index contributed by atoms with van der Waals surface area (Å²) in [5.74, 6) is -5.81. The first kappa shape index (κ1) is 31.1. The summed E-state index contributed by atoms with van der Waals surface area (Å²) >= 11 is 0. The van der Waals surface area contributed by atoms with Gasteiger partial charge in [-0.15, -0.1) is 0 Å². The third kappa shape index (κ3) is 4.71. The van der Waals surface area contributed by atoms with Crippen LogP contribution >= 0.6 is 0 Å². The lowest BCUT2D eigenvalue weighted by Crippen LogP contribution is -2.65. The Kier molecular flexibility index (Phi) is 7.98. The van der Waals surface area contributed by atoms with Crippen LogP contribution in [0.3, 0.4) is 0 Å². The first-order valence-corrected chi connectivity index (χ1v) is 14.6. The number of hydrogen-bond acceptors (Lipinski definition) is 10. The van der Waals surface area contributed by atoms with E-state index in [1.165, 1.54) is 4.90 Å². The summed E-state index contributed by atoms with van der Waals surface area (Å²) in [7, 11) is 8.46. The normalized spacial score (nSPS) is 24.7. The molecule has 0 aliphatic heterocycles. The molecule has 234 valence electrons. The van der Waals surface area contributed by atoms with Gasteiger partial charge in [0.1, 0.15) is 28.6 Å². The lowest BCUT2D eigenvalue weighted by Gasteiger charge is -2.50. The second kappa shape index (κ2) is 11.3. The third-order valence-electron chi connectivity index (χ3n) is 9.30. The number of phenolic OH excluding ortho intramolecular Hbond substituents is 1. The molecule has 0 radical (unpaired) electrons. The number of Topliss-reactive ketones (excluding diaryl/α,β-unsaturated/α-hetero) is 2. The van der Waals surface area contributed by atoms with Crippen LogP contribution in [0.25, 0.3) is 5.76 Å². The number of anilines is 1. The molecular formula is C33H39N3O8. The fourth-order valence-corrected chi connectivity index (χ4v) is 7.25. The van der Waals surface area contributed by atoms with E-state index < -0.39 is 58.0 Å². The first-order chi connectivity index (χ1) is 20.7. The summed E-state index contributed by atoms with van der Waals surface area (Å²) < 4.78 is 5.31. The van der Waals surface area contributed by atoms with Crippen LogP contribution in [0.2, 0.25) is 0 Å². The Morgan fingerprint density at radius 1 is 1.09 bits per heavy atom. The van der Waals surface area contributed by atoms with Crippen LogP contribution in [0.4, 0.5) is 5.69 Å². The number of aromatic hydroxyl groups is 1. The molecule has 1 saturated carbocycles. The fourth-order valence-electron chi connectivity index (χ4n) is 7.25. The highest BCUT2D eigenvalue weighted by molar-refractivity contribution is 6.24. The zero-order valence-electron chi connectivity index (χ0n) is 25.5. The number of benzene rings is 2. The number of rotatable bonds is 8. The molecule has 3 aliphatic carbocycles. The standard InChI is InChI=1S/C33H39N3O8/c1-35(2)22-15-17(10-6-8-16-9-7-11-19(12-16)44-5)27(37)24-20(22)13-18-14-21-26(36(3)4)29(39)25(32(34)42)31(41)33(21,43)30(40)23(18)28(24)38/h7,9,11-12,15,18,21,26,37-38,41,43H,6,8,10,13-14H2,1-5H3,(H2,34,42)/t18-,21-,26-,33+/m1/s1. The van der Waals surface area contributed by atoms with E-state index in [0.717, 1.165) is 17.0 Å². The number of nitrogens with two attached hydrogens (primary N) is 1. The average molecular weight is 606 g/mol. The number of fused-ring (bicyclic) bond motifs is 3. The molecule has 4 atom stereocenters. The number of hydrogen-bond donors (Lipinski definition) is 5. The van der Waals surface area contributed by atoms with E-state index in [4.69, 9.17) is 10.5 Å². The van der Waals surface area contributed by atoms with Gasteiger partial charge in [0.25, 0.3) is 5.91 Å². The Balaban J connectivity index is 1.59. The Labute approximate surface area is 255 Å². The number of aryl methyl sites for hydroxylation is 2. The summed E-state index contributed by atoms with van der Waals surface area (Å²) in [6.45, 7) is 0. The average Bonchev–Trinajstić information content (AvgIpc) is 2.95. The maximum Gasteiger partial charge on any atom is 0.255 e. The van der Waals surface area contributed by atoms with Gasteiger partial charge in [-0.25, -0.2) is 0 Å². The lowest BCUT2D eigenvalue weighted by atomic mass is 9.57. The summed E-state index contributed by atoms with van der Waals surface area (Å²) in [6, 6.07) is 8.50. The summed E-state index contributed by atoms with van der Waals surface area (Å²) in [5.41, 5.74) is 4.89. The zero-order chi connectivity index (χ0) is 32.2. The van der Waals surface area contributed by atoms with Crippen LogP contribution < -0.4 is 15.4 Å². The number of primary amides is 1. The monoisotopic (exact) mass is 605 g/mol. The number of phenols is 1. The molecule has 5 rings (SSSR count). The van der Waals surface area contributed by atoms with Gasteiger partial charge in [-0.05, 0) is 87.0 Å². The maximum absolute atomic E-state index is 14.1. The summed E-state index contributed by atoms with van der Waals surface area (Å²) in [5, 5.41) is 46.1. The molecule has 2 aromatic rings. The van der Waals surface area contributed by atoms with E-state index in [-0.39, 0.29) is 29.7 Å². The van der Waals surface area contributed by atoms with Crippen molar-refractivity contribution in [2.24, 2.45) is 17.6 Å². The lowest BCUT2D eigenvalue weighted by molar-refractivity contribution is -0.153. The van der Waals surface area contributed by atoms with Gasteiger partial charge in [0.05, 0.1) is 18.7 Å². The molecule has 6 N–H and O–H groups in total. The predicted octanol–water partition coefficient (Wildman–Crippen LogP) is 2.21. The number of carbonyl (C=O) groups is 3. The number of ketones is 2. The van der Waals surface area contributed by atoms with Gasteiger partial charge in [-0.1, -0.05) is 12.1 Å². The molecule has 3 aliphatic rings. The van der Waals surface area contributed by atoms with Crippen molar-refractivity contribution in [3.8, 4) is 11.5 Å². The van der Waals surface area contributed by atoms with Gasteiger partial charge < -0.3 is 35.8 Å². The minimum absolute atomic E-state index is 0.0433. The van der Waals surface area contributed by atoms with E-state index >= 15 is 0 Å². The second-order valence-electron chi connectivity index (χ2n) is 12.3. The Bertz CT molecular complexity index is 1620. The van der Waals surface area contributed by atoms with Crippen molar-refractivity contribution in [1.82, 2.24) is 4.90 Å². The van der Waals surface area contributed by atoms with Gasteiger partial charge >= 0.3 is 0 Å². The second-order valence-corrected chi connectivity index (χ2v) is 12.3. The van der Waals surface area contributed by atoms with Crippen molar-refractivity contribution >= 4 is 28.9 Å². The number of carbonyl (C=O) groups excluding carboxylic acids is 3. The summed E-state index contributed by atoms with van der Waals surface area (Å²) in [6.07, 6.45) is 2.15. The van der Waals surface area contributed by atoms with Crippen molar-refractivity contribution in [3.05, 3.63) is 69.5 Å². The molecule has 0 aromatic heterocycles. The molecule has 11 heteroatoms. The molecule has 0 saturated heterocycles. The molecule has 11 nitrogen and oxygen atoms in total. The maximum atomic E-state index is 14.1. The molecule has 0 unspecified atom stereocenters. The van der Waals surface area contributed by atoms with Gasteiger partial charge in [-0.3, -0.25) is 19.3 Å². The van der Waals surface area contributed by atoms with Gasteiger partial charge in [0.15, 0.2) is 11.4 Å². The van der Waals surface area contributed by atoms with Crippen molar-refractivity contribution in [2.75, 3.05) is 40.2 Å². The van der Waals surface area contributed by atoms with Gasteiger partial charge in [-0.2, -0.15) is 0 Å². The molecule has 1 amide bonds. The minimum Gasteiger partial charge on any atom is -0.508 e. The topological polar surface area (TPSA) is 174 Å². The number of nitrogens with zero attached hydrogens (tertiary/aromatic N) is 2. The highest BCUT2D eigenvalue weighted by Gasteiger charge is 2.64. The number of aliphatic hydroxyl groups is 3. The van der Waals surface area contributed by atoms with E-state index in [0.29, 0.717) is 30.4 Å². The number of amides is 1. The number of likely N-dealkylation sites (N-methyl/N-ethyl adjacent to an activating group) is 1. The highest BCUT2D eigenvalue weighted by Crippen LogP contribution is 2.54. The summed E-state index contributed by atoms with van der Waals surface area (Å²) in [4.78, 5) is 43.0. The number of aliphatic hydroxyl groups excluding tert-OH is 2. The molecule has 2 aromatic carbocycles. The molecule has 0 heterocycles. The molecular weight excluding hydrogens is 566 g/mol. The van der Waals surface area contributed by atoms with Crippen LogP contribution in [-0.2, 0) is 33.6 Å². The Morgan fingerprint density at radius 3 is 2.41 bits per heavy atom. The van der Waals surface area contributed by atoms with E-state index in [1.807, 2.05) is 49.3 Å². The van der Waals surface area contributed by atoms with Crippen LogP contribution in [0.15, 0.2) is 47.2 Å². The Morgan fingerprint density at radius 2 is 1.80 bits per heavy atom. The largest absolute Gasteiger partial charge is 0.508 e. The Hall–Kier alpha value is -4.35. The van der Waals surface area contributed by atoms with Crippen molar-refractivity contribution in [2.45, 2.75) is 43.7 Å². The third-order valence-corrected chi connectivity index (χ3v) is 9.30. The quantitative estimate of drug-likeness (QED) is 0.281. The van der Waals surface area contributed by atoms with Crippen LogP contribution in [0.5, 0.6) is 11.5 Å². The van der Waals surface area contributed by atoms with E-state index in [1.54, 1.807) is 21.2 Å².